The van der Waals surface area contributed by atoms with Crippen LogP contribution in [0, 0.1) is 24.5 Å². The van der Waals surface area contributed by atoms with Gasteiger partial charge in [0, 0.05) is 18.8 Å². The lowest BCUT2D eigenvalue weighted by Gasteiger charge is -2.27. The predicted molar refractivity (Wildman–Crippen MR) is 146 cm³/mol. The first-order valence-corrected chi connectivity index (χ1v) is 13.4. The average molecular weight is 634 g/mol. The number of amides is 1. The Balaban J connectivity index is 2.02. The molecule has 3 rings (SSSR count). The van der Waals surface area contributed by atoms with Crippen LogP contribution in [0.5, 0.6) is 0 Å². The normalized spacial score (nSPS) is 18.1. The minimum absolute atomic E-state index is 0.0256. The van der Waals surface area contributed by atoms with Crippen molar-refractivity contribution in [2.24, 2.45) is 16.6 Å². The summed E-state index contributed by atoms with van der Waals surface area (Å²) < 4.78 is 70.6. The summed E-state index contributed by atoms with van der Waals surface area (Å²) in [5.74, 6) is -6.07. The Hall–Kier alpha value is -3.51. The maximum absolute atomic E-state index is 14.3. The molecule has 226 valence electrons. The Bertz CT molecular complexity index is 1390. The Morgan fingerprint density at radius 2 is 1.57 bits per heavy atom. The molecule has 1 aliphatic carbocycles. The number of aryl methyl sites for hydroxylation is 1. The van der Waals surface area contributed by atoms with Crippen LogP contribution in [0.15, 0.2) is 47.1 Å². The van der Waals surface area contributed by atoms with Crippen LogP contribution in [0.4, 0.5) is 22.0 Å². The van der Waals surface area contributed by atoms with Crippen molar-refractivity contribution in [3.8, 4) is 0 Å². The number of carboxylic acid groups (broad SMARTS) is 1. The van der Waals surface area contributed by atoms with Gasteiger partial charge in [-0.15, -0.1) is 0 Å². The Labute approximate surface area is 247 Å². The van der Waals surface area contributed by atoms with Crippen LogP contribution in [-0.4, -0.2) is 52.1 Å². The second-order valence-electron chi connectivity index (χ2n) is 9.87. The lowest BCUT2D eigenvalue weighted by Crippen LogP contribution is -2.41. The van der Waals surface area contributed by atoms with Crippen LogP contribution in [0.1, 0.15) is 47.2 Å². The average Bonchev–Trinajstić information content (AvgIpc) is 2.86. The summed E-state index contributed by atoms with van der Waals surface area (Å²) in [6.45, 7) is 0.0863. The highest BCUT2D eigenvalue weighted by Crippen LogP contribution is 2.31. The maximum atomic E-state index is 14.3. The van der Waals surface area contributed by atoms with E-state index >= 15 is 0 Å². The zero-order valence-corrected chi connectivity index (χ0v) is 23.7. The van der Waals surface area contributed by atoms with Gasteiger partial charge in [-0.1, -0.05) is 23.2 Å². The third kappa shape index (κ3) is 8.28. The number of aliphatic carboxylic acids is 1. The molecule has 42 heavy (non-hydrogen) atoms. The van der Waals surface area contributed by atoms with Gasteiger partial charge in [0.2, 0.25) is 0 Å². The third-order valence-electron chi connectivity index (χ3n) is 6.66. The van der Waals surface area contributed by atoms with Crippen LogP contribution in [0.25, 0.3) is 0 Å². The lowest BCUT2D eigenvalue weighted by atomic mass is 9.86. The van der Waals surface area contributed by atoms with Crippen molar-refractivity contribution in [2.45, 2.75) is 51.4 Å². The number of carboxylic acids is 1. The molecule has 2 aromatic carbocycles. The monoisotopic (exact) mass is 633 g/mol. The molecule has 0 bridgehead atoms. The van der Waals surface area contributed by atoms with Gasteiger partial charge in [0.15, 0.2) is 11.5 Å². The molecule has 1 fully saturated rings. The smallest absolute Gasteiger partial charge is 0.433 e. The number of Topliss-reactive ketones (excluding diaryl/α,β-unsaturated/α-hetero) is 1. The van der Waals surface area contributed by atoms with E-state index < -0.39 is 71.8 Å². The highest BCUT2D eigenvalue weighted by molar-refractivity contribution is 6.40. The van der Waals surface area contributed by atoms with Crippen molar-refractivity contribution >= 4 is 46.6 Å². The number of alkyl halides is 3. The lowest BCUT2D eigenvalue weighted by molar-refractivity contribution is -0.142. The van der Waals surface area contributed by atoms with E-state index in [1.165, 1.54) is 12.1 Å². The van der Waals surface area contributed by atoms with Crippen molar-refractivity contribution in [3.63, 3.8) is 0 Å². The fourth-order valence-electron chi connectivity index (χ4n) is 4.69. The number of aliphatic imine (C=N–C) groups is 1. The van der Waals surface area contributed by atoms with E-state index in [0.29, 0.717) is 22.7 Å². The minimum atomic E-state index is -5.17. The first-order chi connectivity index (χ1) is 19.6. The van der Waals surface area contributed by atoms with Crippen molar-refractivity contribution < 1.29 is 41.4 Å². The van der Waals surface area contributed by atoms with Gasteiger partial charge in [0.05, 0.1) is 39.7 Å². The van der Waals surface area contributed by atoms with E-state index in [0.717, 1.165) is 12.1 Å². The topological polar surface area (TPSA) is 113 Å². The van der Waals surface area contributed by atoms with E-state index in [-0.39, 0.29) is 46.9 Å². The van der Waals surface area contributed by atoms with E-state index in [4.69, 9.17) is 28.9 Å². The number of benzene rings is 2. The molecule has 0 saturated heterocycles. The summed E-state index contributed by atoms with van der Waals surface area (Å²) in [6, 6.07) is 4.17. The summed E-state index contributed by atoms with van der Waals surface area (Å²) in [7, 11) is 0. The second-order valence-corrected chi connectivity index (χ2v) is 10.7. The summed E-state index contributed by atoms with van der Waals surface area (Å²) in [6.07, 6.45) is -4.54. The number of carbonyl (C=O) groups is 3. The number of hydrogen-bond acceptors (Lipinski definition) is 5. The standard InChI is InChI=1S/C28H26Cl2F5N3O4/c1-14-6-21(29)24(22(30)7-14)23(39)13-38(12-15-8-17(31)10-18(32)9-15)26(40)20(11-36)25(28(33,34)35)37-19-4-2-16(3-5-19)27(41)42/h6-11,16,19H,2-5,12-13,36H2,1H3,(H,41,42). The molecule has 3 N–H and O–H groups in total. The summed E-state index contributed by atoms with van der Waals surface area (Å²) in [4.78, 5) is 42.5. The molecule has 0 unspecified atom stereocenters. The highest BCUT2D eigenvalue weighted by atomic mass is 35.5. The van der Waals surface area contributed by atoms with Crippen LogP contribution in [-0.2, 0) is 16.1 Å². The number of nitrogens with two attached hydrogens (primary N) is 1. The Morgan fingerprint density at radius 3 is 2.05 bits per heavy atom. The first-order valence-electron chi connectivity index (χ1n) is 12.6. The van der Waals surface area contributed by atoms with Crippen molar-refractivity contribution in [3.05, 3.63) is 80.5 Å². The Kier molecular flexibility index (Phi) is 10.7. The largest absolute Gasteiger partial charge is 0.481 e. The number of rotatable bonds is 9. The molecule has 14 heteroatoms. The molecule has 0 heterocycles. The summed E-state index contributed by atoms with van der Waals surface area (Å²) >= 11 is 12.4. The third-order valence-corrected chi connectivity index (χ3v) is 7.26. The van der Waals surface area contributed by atoms with Gasteiger partial charge in [-0.05, 0) is 68.0 Å². The number of nitrogens with zero attached hydrogens (tertiary/aromatic N) is 2. The molecular formula is C28H26Cl2F5N3O4. The first kappa shape index (κ1) is 33.0. The zero-order chi connectivity index (χ0) is 31.4. The molecule has 0 spiro atoms. The predicted octanol–water partition coefficient (Wildman–Crippen LogP) is 6.28. The van der Waals surface area contributed by atoms with E-state index in [1.807, 2.05) is 0 Å². The van der Waals surface area contributed by atoms with Gasteiger partial charge in [-0.2, -0.15) is 13.2 Å². The molecule has 2 aromatic rings. The molecule has 1 saturated carbocycles. The highest BCUT2D eigenvalue weighted by Gasteiger charge is 2.43. The van der Waals surface area contributed by atoms with Crippen LogP contribution < -0.4 is 5.73 Å². The van der Waals surface area contributed by atoms with Crippen LogP contribution in [0.3, 0.4) is 0 Å². The summed E-state index contributed by atoms with van der Waals surface area (Å²) in [5.41, 5.74) is 3.03. The van der Waals surface area contributed by atoms with Crippen molar-refractivity contribution in [1.82, 2.24) is 4.90 Å². The fourth-order valence-corrected chi connectivity index (χ4v) is 5.50. The van der Waals surface area contributed by atoms with E-state index in [2.05, 4.69) is 4.99 Å². The molecule has 0 aliphatic heterocycles. The van der Waals surface area contributed by atoms with Gasteiger partial charge in [-0.25, -0.2) is 8.78 Å². The van der Waals surface area contributed by atoms with Gasteiger partial charge in [-0.3, -0.25) is 19.4 Å². The number of halogens is 7. The van der Waals surface area contributed by atoms with Gasteiger partial charge in [0.25, 0.3) is 5.91 Å². The molecule has 0 aromatic heterocycles. The zero-order valence-electron chi connectivity index (χ0n) is 22.2. The fraction of sp³-hybridized carbons (Fsp3) is 0.357. The molecule has 1 aliphatic rings. The van der Waals surface area contributed by atoms with E-state index in [9.17, 15) is 41.4 Å². The van der Waals surface area contributed by atoms with Gasteiger partial charge < -0.3 is 15.7 Å². The molecule has 0 atom stereocenters. The molecular weight excluding hydrogens is 608 g/mol. The van der Waals surface area contributed by atoms with Crippen LogP contribution >= 0.6 is 23.2 Å². The number of hydrogen-bond donors (Lipinski definition) is 2. The molecule has 1 amide bonds. The number of carbonyl (C=O) groups excluding carboxylic acids is 2. The van der Waals surface area contributed by atoms with Gasteiger partial charge >= 0.3 is 12.1 Å². The van der Waals surface area contributed by atoms with Crippen LogP contribution in [0.2, 0.25) is 10.0 Å². The SMILES string of the molecule is Cc1cc(Cl)c(C(=O)CN(Cc2cc(F)cc(F)c2)C(=O)C(=CN)C(=NC2CCC(C(=O)O)CC2)C(F)(F)F)c(Cl)c1. The number of ketones is 1. The molecule has 0 radical (unpaired) electrons. The van der Waals surface area contributed by atoms with Crippen molar-refractivity contribution in [1.29, 1.82) is 0 Å². The van der Waals surface area contributed by atoms with Gasteiger partial charge in [0.1, 0.15) is 11.6 Å². The Morgan fingerprint density at radius 1 is 1.02 bits per heavy atom. The minimum Gasteiger partial charge on any atom is -0.481 e. The maximum Gasteiger partial charge on any atom is 0.433 e. The second kappa shape index (κ2) is 13.6. The van der Waals surface area contributed by atoms with E-state index in [1.54, 1.807) is 6.92 Å². The van der Waals surface area contributed by atoms with Crippen molar-refractivity contribution in [2.75, 3.05) is 6.54 Å². The quantitative estimate of drug-likeness (QED) is 0.146. The summed E-state index contributed by atoms with van der Waals surface area (Å²) in [5, 5.41) is 9.03. The molecule has 7 nitrogen and oxygen atoms in total.